The van der Waals surface area contributed by atoms with Gasteiger partial charge >= 0.3 is 0 Å². The molecule has 0 unspecified atom stereocenters. The molecule has 0 spiro atoms. The quantitative estimate of drug-likeness (QED) is 0.678. The van der Waals surface area contributed by atoms with Gasteiger partial charge in [-0.25, -0.2) is 8.78 Å². The van der Waals surface area contributed by atoms with E-state index in [4.69, 9.17) is 23.2 Å². The molecular weight excluding hydrogens is 427 g/mol. The average molecular weight is 439 g/mol. The molecule has 0 radical (unpaired) electrons. The number of hydrogen-bond donors (Lipinski definition) is 1. The number of nitrogens with zero attached hydrogens (tertiary/aromatic N) is 2. The summed E-state index contributed by atoms with van der Waals surface area (Å²) < 4.78 is 27.7. The van der Waals surface area contributed by atoms with E-state index in [9.17, 15) is 13.6 Å². The number of aromatic nitrogens is 2. The maximum Gasteiger partial charge on any atom is 0.283 e. The molecule has 3 rings (SSSR count). The Kier molecular flexibility index (Phi) is 5.13. The van der Waals surface area contributed by atoms with E-state index in [2.05, 4.69) is 26.3 Å². The van der Waals surface area contributed by atoms with Gasteiger partial charge in [0.05, 0.1) is 20.2 Å². The predicted octanol–water partition coefficient (Wildman–Crippen LogP) is 5.41. The number of rotatable bonds is 5. The summed E-state index contributed by atoms with van der Waals surface area (Å²) in [5.41, 5.74) is 0.788. The Morgan fingerprint density at radius 2 is 2.08 bits per heavy atom. The summed E-state index contributed by atoms with van der Waals surface area (Å²) in [4.78, 5) is 12.2. The molecule has 0 atom stereocenters. The summed E-state index contributed by atoms with van der Waals surface area (Å²) >= 11 is 14.9. The normalized spacial score (nSPS) is 14.2. The SMILES string of the molecule is O=C(Cn1nc(C(F)F)c(Br)c1C1CC1)Nc1ccc(Cl)c(Cl)c1. The van der Waals surface area contributed by atoms with Gasteiger partial charge in [-0.05, 0) is 47.0 Å². The van der Waals surface area contributed by atoms with Crippen molar-refractivity contribution in [1.82, 2.24) is 9.78 Å². The molecule has 1 aromatic carbocycles. The molecule has 9 heteroatoms. The second-order valence-corrected chi connectivity index (χ2v) is 7.10. The Hall–Kier alpha value is -1.18. The average Bonchev–Trinajstić information content (AvgIpc) is 3.27. The van der Waals surface area contributed by atoms with Crippen molar-refractivity contribution in [2.75, 3.05) is 5.32 Å². The zero-order valence-corrected chi connectivity index (χ0v) is 15.3. The molecule has 0 aliphatic heterocycles. The maximum absolute atomic E-state index is 13.0. The number of anilines is 1. The van der Waals surface area contributed by atoms with Crippen molar-refractivity contribution < 1.29 is 13.6 Å². The minimum absolute atomic E-state index is 0.155. The Labute approximate surface area is 155 Å². The van der Waals surface area contributed by atoms with Crippen molar-refractivity contribution in [3.8, 4) is 0 Å². The number of carbonyl (C=O) groups is 1. The summed E-state index contributed by atoms with van der Waals surface area (Å²) in [6, 6.07) is 4.69. The van der Waals surface area contributed by atoms with E-state index in [0.29, 0.717) is 25.9 Å². The molecule has 1 aliphatic carbocycles. The Morgan fingerprint density at radius 1 is 1.38 bits per heavy atom. The zero-order valence-electron chi connectivity index (χ0n) is 12.2. The van der Waals surface area contributed by atoms with Crippen molar-refractivity contribution in [3.63, 3.8) is 0 Å². The van der Waals surface area contributed by atoms with E-state index in [0.717, 1.165) is 12.8 Å². The lowest BCUT2D eigenvalue weighted by Crippen LogP contribution is -2.21. The van der Waals surface area contributed by atoms with E-state index in [1.165, 1.54) is 10.7 Å². The van der Waals surface area contributed by atoms with Crippen molar-refractivity contribution in [3.05, 3.63) is 44.1 Å². The van der Waals surface area contributed by atoms with Crippen LogP contribution in [0.5, 0.6) is 0 Å². The Morgan fingerprint density at radius 3 is 2.67 bits per heavy atom. The molecule has 2 aromatic rings. The molecule has 4 nitrogen and oxygen atoms in total. The van der Waals surface area contributed by atoms with Crippen LogP contribution in [0.25, 0.3) is 0 Å². The molecule has 1 fully saturated rings. The van der Waals surface area contributed by atoms with Gasteiger partial charge in [-0.1, -0.05) is 23.2 Å². The molecule has 1 heterocycles. The topological polar surface area (TPSA) is 46.9 Å². The van der Waals surface area contributed by atoms with E-state index < -0.39 is 6.43 Å². The third kappa shape index (κ3) is 3.73. The third-order valence-electron chi connectivity index (χ3n) is 3.62. The second-order valence-electron chi connectivity index (χ2n) is 5.49. The zero-order chi connectivity index (χ0) is 17.4. The smallest absolute Gasteiger partial charge is 0.283 e. The monoisotopic (exact) mass is 437 g/mol. The van der Waals surface area contributed by atoms with Gasteiger partial charge < -0.3 is 5.32 Å². The highest BCUT2D eigenvalue weighted by Gasteiger charge is 2.34. The lowest BCUT2D eigenvalue weighted by Gasteiger charge is -2.09. The first kappa shape index (κ1) is 17.6. The van der Waals surface area contributed by atoms with Crippen LogP contribution in [0, 0.1) is 0 Å². The first-order valence-electron chi connectivity index (χ1n) is 7.16. The molecule has 1 saturated carbocycles. The standard InChI is InChI=1S/C15H12BrCl2F2N3O/c16-12-13(15(19)20)22-23(14(12)7-1-2-7)6-11(24)21-8-3-4-9(17)10(18)5-8/h3-5,7,15H,1-2,6H2,(H,21,24). The third-order valence-corrected chi connectivity index (χ3v) is 5.18. The van der Waals surface area contributed by atoms with E-state index in [1.807, 2.05) is 0 Å². The van der Waals surface area contributed by atoms with E-state index in [1.54, 1.807) is 12.1 Å². The number of carbonyl (C=O) groups excluding carboxylic acids is 1. The van der Waals surface area contributed by atoms with Gasteiger partial charge in [-0.3, -0.25) is 9.48 Å². The van der Waals surface area contributed by atoms with E-state index in [-0.39, 0.29) is 24.1 Å². The van der Waals surface area contributed by atoms with Gasteiger partial charge in [0.1, 0.15) is 12.2 Å². The highest BCUT2D eigenvalue weighted by molar-refractivity contribution is 9.10. The molecule has 0 bridgehead atoms. The van der Waals surface area contributed by atoms with Crippen LogP contribution in [0.3, 0.4) is 0 Å². The fourth-order valence-electron chi connectivity index (χ4n) is 2.39. The number of alkyl halides is 2. The van der Waals surface area contributed by atoms with Crippen LogP contribution in [0.1, 0.15) is 36.6 Å². The minimum atomic E-state index is -2.70. The summed E-state index contributed by atoms with van der Waals surface area (Å²) in [6.45, 7) is -0.155. The number of amides is 1. The minimum Gasteiger partial charge on any atom is -0.324 e. The fraction of sp³-hybridized carbons (Fsp3) is 0.333. The summed E-state index contributed by atoms with van der Waals surface area (Å²) in [5, 5.41) is 7.25. The number of halogens is 5. The van der Waals surface area contributed by atoms with Crippen LogP contribution < -0.4 is 5.32 Å². The second kappa shape index (κ2) is 6.98. The lowest BCUT2D eigenvalue weighted by atomic mass is 10.2. The number of hydrogen-bond acceptors (Lipinski definition) is 2. The Bertz CT molecular complexity index is 793. The first-order chi connectivity index (χ1) is 11.4. The number of nitrogens with one attached hydrogen (secondary N) is 1. The van der Waals surface area contributed by atoms with Gasteiger partial charge in [-0.2, -0.15) is 5.10 Å². The number of benzene rings is 1. The van der Waals surface area contributed by atoms with Crippen molar-refractivity contribution in [2.24, 2.45) is 0 Å². The van der Waals surface area contributed by atoms with Gasteiger partial charge in [0.15, 0.2) is 0 Å². The lowest BCUT2D eigenvalue weighted by molar-refractivity contribution is -0.117. The molecule has 128 valence electrons. The van der Waals surface area contributed by atoms with Crippen molar-refractivity contribution in [2.45, 2.75) is 31.7 Å². The van der Waals surface area contributed by atoms with Crippen molar-refractivity contribution >= 4 is 50.7 Å². The van der Waals surface area contributed by atoms with Crippen LogP contribution in [0.2, 0.25) is 10.0 Å². The van der Waals surface area contributed by atoms with Gasteiger partial charge in [-0.15, -0.1) is 0 Å². The first-order valence-corrected chi connectivity index (χ1v) is 8.71. The van der Waals surface area contributed by atoms with E-state index >= 15 is 0 Å². The highest BCUT2D eigenvalue weighted by atomic mass is 79.9. The molecule has 1 aliphatic rings. The predicted molar refractivity (Wildman–Crippen MR) is 92.0 cm³/mol. The molecule has 1 aromatic heterocycles. The van der Waals surface area contributed by atoms with Crippen LogP contribution in [-0.2, 0) is 11.3 Å². The summed E-state index contributed by atoms with van der Waals surface area (Å²) in [6.07, 6.45) is -0.890. The fourth-order valence-corrected chi connectivity index (χ4v) is 3.47. The molecule has 24 heavy (non-hydrogen) atoms. The van der Waals surface area contributed by atoms with Crippen molar-refractivity contribution in [1.29, 1.82) is 0 Å². The summed E-state index contributed by atoms with van der Waals surface area (Å²) in [7, 11) is 0. The molecule has 1 amide bonds. The Balaban J connectivity index is 1.78. The molecule has 0 saturated heterocycles. The van der Waals surface area contributed by atoms with Crippen LogP contribution >= 0.6 is 39.1 Å². The largest absolute Gasteiger partial charge is 0.324 e. The maximum atomic E-state index is 13.0. The van der Waals surface area contributed by atoms with Gasteiger partial charge in [0, 0.05) is 11.6 Å². The van der Waals surface area contributed by atoms with Gasteiger partial charge in [0.25, 0.3) is 6.43 Å². The van der Waals surface area contributed by atoms with Crippen LogP contribution in [0.4, 0.5) is 14.5 Å². The van der Waals surface area contributed by atoms with Crippen LogP contribution in [-0.4, -0.2) is 15.7 Å². The van der Waals surface area contributed by atoms with Gasteiger partial charge in [0.2, 0.25) is 5.91 Å². The van der Waals surface area contributed by atoms with Crippen LogP contribution in [0.15, 0.2) is 22.7 Å². The molecule has 1 N–H and O–H groups in total. The highest BCUT2D eigenvalue weighted by Crippen LogP contribution is 2.45. The summed E-state index contributed by atoms with van der Waals surface area (Å²) in [5.74, 6) is -0.219. The molecular formula is C15H12BrCl2F2N3O.